The first-order chi connectivity index (χ1) is 9.76. The molecule has 0 aliphatic carbocycles. The van der Waals surface area contributed by atoms with Crippen molar-refractivity contribution in [1.82, 2.24) is 0 Å². The molecule has 0 saturated heterocycles. The number of hydrogen-bond donors (Lipinski definition) is 2. The highest BCUT2D eigenvalue weighted by atomic mass is 16.5. The van der Waals surface area contributed by atoms with E-state index in [2.05, 4.69) is 24.3 Å². The van der Waals surface area contributed by atoms with Crippen LogP contribution in [0.5, 0.6) is 11.5 Å². The van der Waals surface area contributed by atoms with Crippen LogP contribution >= 0.6 is 0 Å². The smallest absolute Gasteiger partial charge is 0.130 e. The minimum atomic E-state index is 0.601. The number of benzene rings is 2. The monoisotopic (exact) mass is 274 g/mol. The van der Waals surface area contributed by atoms with Gasteiger partial charge in [0.1, 0.15) is 11.5 Å². The summed E-state index contributed by atoms with van der Waals surface area (Å²) in [5.74, 6) is 1.76. The van der Waals surface area contributed by atoms with Gasteiger partial charge in [0.05, 0.1) is 14.2 Å². The maximum absolute atomic E-state index is 5.65. The molecular formula is C16H22N2O2. The zero-order chi connectivity index (χ0) is 14.5. The van der Waals surface area contributed by atoms with Crippen LogP contribution in [0.15, 0.2) is 24.3 Å². The van der Waals surface area contributed by atoms with E-state index < -0.39 is 0 Å². The second kappa shape index (κ2) is 6.59. The molecule has 0 amide bonds. The Balaban J connectivity index is 2.67. The predicted octanol–water partition coefficient (Wildman–Crippen LogP) is 1.86. The minimum Gasteiger partial charge on any atom is -0.496 e. The van der Waals surface area contributed by atoms with Crippen molar-refractivity contribution >= 4 is 10.8 Å². The van der Waals surface area contributed by atoms with Gasteiger partial charge in [0, 0.05) is 10.8 Å². The summed E-state index contributed by atoms with van der Waals surface area (Å²) in [4.78, 5) is 0. The lowest BCUT2D eigenvalue weighted by molar-refractivity contribution is 0.410. The second-order valence-electron chi connectivity index (χ2n) is 4.69. The number of ether oxygens (including phenoxy) is 2. The zero-order valence-electron chi connectivity index (χ0n) is 12.1. The third-order valence-electron chi connectivity index (χ3n) is 3.50. The summed E-state index contributed by atoms with van der Waals surface area (Å²) in [6.45, 7) is 1.20. The number of rotatable bonds is 6. The Morgan fingerprint density at radius 3 is 1.45 bits per heavy atom. The van der Waals surface area contributed by atoms with Crippen molar-refractivity contribution in [3.63, 3.8) is 0 Å². The second-order valence-corrected chi connectivity index (χ2v) is 4.69. The molecule has 0 aliphatic heterocycles. The first-order valence-electron chi connectivity index (χ1n) is 6.82. The van der Waals surface area contributed by atoms with Crippen LogP contribution in [0, 0.1) is 0 Å². The van der Waals surface area contributed by atoms with Gasteiger partial charge in [0.2, 0.25) is 0 Å². The molecule has 0 saturated carbocycles. The molecule has 0 atom stereocenters. The summed E-state index contributed by atoms with van der Waals surface area (Å²) < 4.78 is 11.1. The van der Waals surface area contributed by atoms with Gasteiger partial charge in [-0.05, 0) is 37.1 Å². The molecule has 0 bridgehead atoms. The normalized spacial score (nSPS) is 10.8. The molecular weight excluding hydrogens is 252 g/mol. The summed E-state index contributed by atoms with van der Waals surface area (Å²) in [6.07, 6.45) is 1.60. The molecule has 20 heavy (non-hydrogen) atoms. The first-order valence-corrected chi connectivity index (χ1v) is 6.82. The van der Waals surface area contributed by atoms with Gasteiger partial charge >= 0.3 is 0 Å². The van der Waals surface area contributed by atoms with Crippen LogP contribution < -0.4 is 20.9 Å². The molecule has 0 heterocycles. The molecule has 0 spiro atoms. The van der Waals surface area contributed by atoms with Gasteiger partial charge in [-0.2, -0.15) is 0 Å². The molecule has 0 aromatic heterocycles. The van der Waals surface area contributed by atoms with Gasteiger partial charge in [-0.25, -0.2) is 0 Å². The Hall–Kier alpha value is -1.78. The van der Waals surface area contributed by atoms with Crippen LogP contribution in [0.2, 0.25) is 0 Å². The fourth-order valence-corrected chi connectivity index (χ4v) is 2.63. The fraction of sp³-hybridized carbons (Fsp3) is 0.375. The fourth-order valence-electron chi connectivity index (χ4n) is 2.63. The Morgan fingerprint density at radius 2 is 1.15 bits per heavy atom. The van der Waals surface area contributed by atoms with E-state index in [9.17, 15) is 0 Å². The molecule has 0 fully saturated rings. The number of nitrogens with two attached hydrogens (primary N) is 2. The summed E-state index contributed by atoms with van der Waals surface area (Å²) in [5, 5.41) is 2.10. The molecule has 2 aromatic rings. The third-order valence-corrected chi connectivity index (χ3v) is 3.50. The lowest BCUT2D eigenvalue weighted by Crippen LogP contribution is -2.06. The molecule has 108 valence electrons. The summed E-state index contributed by atoms with van der Waals surface area (Å²) >= 11 is 0. The zero-order valence-corrected chi connectivity index (χ0v) is 12.1. The summed E-state index contributed by atoms with van der Waals surface area (Å²) in [6, 6.07) is 8.26. The number of methoxy groups -OCH3 is 2. The largest absolute Gasteiger partial charge is 0.496 e. The quantitative estimate of drug-likeness (QED) is 0.843. The highest BCUT2D eigenvalue weighted by Gasteiger charge is 2.13. The van der Waals surface area contributed by atoms with E-state index in [4.69, 9.17) is 20.9 Å². The van der Waals surface area contributed by atoms with Gasteiger partial charge < -0.3 is 20.9 Å². The van der Waals surface area contributed by atoms with Crippen LogP contribution in [0.1, 0.15) is 11.1 Å². The van der Waals surface area contributed by atoms with Gasteiger partial charge in [0.25, 0.3) is 0 Å². The molecule has 2 rings (SSSR count). The van der Waals surface area contributed by atoms with E-state index in [0.29, 0.717) is 13.1 Å². The van der Waals surface area contributed by atoms with Gasteiger partial charge in [-0.3, -0.25) is 0 Å². The van der Waals surface area contributed by atoms with Crippen molar-refractivity contribution in [2.24, 2.45) is 11.5 Å². The molecule has 4 N–H and O–H groups in total. The first kappa shape index (κ1) is 14.6. The van der Waals surface area contributed by atoms with Crippen LogP contribution in [0.3, 0.4) is 0 Å². The maximum atomic E-state index is 5.65. The Labute approximate surface area is 119 Å². The van der Waals surface area contributed by atoms with Crippen LogP contribution in [0.4, 0.5) is 0 Å². The van der Waals surface area contributed by atoms with Crippen molar-refractivity contribution in [3.05, 3.63) is 35.4 Å². The Bertz CT molecular complexity index is 543. The number of fused-ring (bicyclic) bond motifs is 1. The van der Waals surface area contributed by atoms with Crippen LogP contribution in [-0.4, -0.2) is 27.3 Å². The lowest BCUT2D eigenvalue weighted by Gasteiger charge is -2.16. The van der Waals surface area contributed by atoms with E-state index >= 15 is 0 Å². The van der Waals surface area contributed by atoms with E-state index in [1.807, 2.05) is 0 Å². The van der Waals surface area contributed by atoms with E-state index in [1.165, 1.54) is 0 Å². The average Bonchev–Trinajstić information content (AvgIpc) is 2.47. The lowest BCUT2D eigenvalue weighted by atomic mass is 9.99. The molecule has 0 aliphatic rings. The van der Waals surface area contributed by atoms with Crippen molar-refractivity contribution in [2.45, 2.75) is 12.8 Å². The Morgan fingerprint density at radius 1 is 0.750 bits per heavy atom. The van der Waals surface area contributed by atoms with Crippen molar-refractivity contribution in [3.8, 4) is 11.5 Å². The van der Waals surface area contributed by atoms with Crippen LogP contribution in [-0.2, 0) is 12.8 Å². The summed E-state index contributed by atoms with van der Waals surface area (Å²) in [7, 11) is 3.38. The van der Waals surface area contributed by atoms with Gasteiger partial charge in [-0.1, -0.05) is 24.3 Å². The average molecular weight is 274 g/mol. The van der Waals surface area contributed by atoms with Crippen molar-refractivity contribution in [2.75, 3.05) is 27.3 Å². The molecule has 4 heteroatoms. The molecule has 0 radical (unpaired) electrons. The van der Waals surface area contributed by atoms with E-state index in [-0.39, 0.29) is 0 Å². The summed E-state index contributed by atoms with van der Waals surface area (Å²) in [5.41, 5.74) is 13.6. The minimum absolute atomic E-state index is 0.601. The molecule has 2 aromatic carbocycles. The highest BCUT2D eigenvalue weighted by molar-refractivity contribution is 5.95. The van der Waals surface area contributed by atoms with Gasteiger partial charge in [0.15, 0.2) is 0 Å². The molecule has 0 unspecified atom stereocenters. The van der Waals surface area contributed by atoms with Crippen molar-refractivity contribution in [1.29, 1.82) is 0 Å². The SMILES string of the molecule is COc1c(CCN)ccc2c(OC)c(CCN)ccc12. The third kappa shape index (κ3) is 2.57. The van der Waals surface area contributed by atoms with Crippen molar-refractivity contribution < 1.29 is 9.47 Å². The Kier molecular flexibility index (Phi) is 4.82. The molecule has 4 nitrogen and oxygen atoms in total. The van der Waals surface area contributed by atoms with E-state index in [1.54, 1.807) is 14.2 Å². The van der Waals surface area contributed by atoms with Crippen LogP contribution in [0.25, 0.3) is 10.8 Å². The highest BCUT2D eigenvalue weighted by Crippen LogP contribution is 2.37. The van der Waals surface area contributed by atoms with Gasteiger partial charge in [-0.15, -0.1) is 0 Å². The number of hydrogen-bond acceptors (Lipinski definition) is 4. The predicted molar refractivity (Wildman–Crippen MR) is 82.6 cm³/mol. The standard InChI is InChI=1S/C16H22N2O2/c1-19-15-11(7-9-17)3-6-14-13(15)5-4-12(8-10-18)16(14)20-2/h3-6H,7-10,17-18H2,1-2H3. The van der Waals surface area contributed by atoms with E-state index in [0.717, 1.165) is 46.2 Å². The maximum Gasteiger partial charge on any atom is 0.130 e. The topological polar surface area (TPSA) is 70.5 Å².